The lowest BCUT2D eigenvalue weighted by atomic mass is 10.0. The highest BCUT2D eigenvalue weighted by Gasteiger charge is 2.28. The van der Waals surface area contributed by atoms with Crippen LogP contribution >= 0.6 is 0 Å². The minimum Gasteiger partial charge on any atom is -0.379 e. The second-order valence-electron chi connectivity index (χ2n) is 6.61. The lowest BCUT2D eigenvalue weighted by Crippen LogP contribution is -2.56. The predicted molar refractivity (Wildman–Crippen MR) is 92.6 cm³/mol. The molecule has 5 nitrogen and oxygen atoms in total. The molecule has 1 aliphatic heterocycles. The molecule has 1 aliphatic rings. The fourth-order valence-electron chi connectivity index (χ4n) is 2.78. The smallest absolute Gasteiger partial charge is 0.314 e. The molecular formula is C18H29N3O2. The van der Waals surface area contributed by atoms with Crippen molar-refractivity contribution in [1.29, 1.82) is 0 Å². The Hall–Kier alpha value is -1.59. The van der Waals surface area contributed by atoms with Crippen LogP contribution in [0.4, 0.5) is 4.79 Å². The summed E-state index contributed by atoms with van der Waals surface area (Å²) < 4.78 is 5.38. The number of carbonyl (C=O) groups excluding carboxylic acids is 1. The first-order chi connectivity index (χ1) is 11.1. The van der Waals surface area contributed by atoms with Crippen molar-refractivity contribution in [2.24, 2.45) is 0 Å². The van der Waals surface area contributed by atoms with Gasteiger partial charge in [-0.1, -0.05) is 30.3 Å². The zero-order valence-electron chi connectivity index (χ0n) is 14.3. The number of ether oxygens (including phenoxy) is 1. The summed E-state index contributed by atoms with van der Waals surface area (Å²) in [4.78, 5) is 14.3. The average molecular weight is 319 g/mol. The van der Waals surface area contributed by atoms with Gasteiger partial charge in [0.25, 0.3) is 0 Å². The molecule has 5 heteroatoms. The lowest BCUT2D eigenvalue weighted by Gasteiger charge is -2.40. The van der Waals surface area contributed by atoms with E-state index >= 15 is 0 Å². The summed E-state index contributed by atoms with van der Waals surface area (Å²) in [5.41, 5.74) is 1.26. The summed E-state index contributed by atoms with van der Waals surface area (Å²) in [6.45, 7) is 9.04. The Labute approximate surface area is 139 Å². The third kappa shape index (κ3) is 6.20. The van der Waals surface area contributed by atoms with Crippen molar-refractivity contribution in [2.75, 3.05) is 39.4 Å². The molecule has 0 bridgehead atoms. The predicted octanol–water partition coefficient (Wildman–Crippen LogP) is 2.03. The van der Waals surface area contributed by atoms with E-state index in [1.165, 1.54) is 5.56 Å². The number of morpholine rings is 1. The standard InChI is InChI=1S/C18H29N3O2/c1-18(2,21-11-13-23-14-12-21)15-20-17(22)19-10-6-9-16-7-4-3-5-8-16/h3-5,7-8H,6,9-15H2,1-2H3,(H2,19,20,22). The van der Waals surface area contributed by atoms with Gasteiger partial charge in [-0.25, -0.2) is 4.79 Å². The monoisotopic (exact) mass is 319 g/mol. The van der Waals surface area contributed by atoms with Crippen LogP contribution in [0.1, 0.15) is 25.8 Å². The quantitative estimate of drug-likeness (QED) is 0.756. The summed E-state index contributed by atoms with van der Waals surface area (Å²) in [6.07, 6.45) is 1.94. The van der Waals surface area contributed by atoms with Gasteiger partial charge < -0.3 is 15.4 Å². The highest BCUT2D eigenvalue weighted by Crippen LogP contribution is 2.14. The molecule has 0 unspecified atom stereocenters. The van der Waals surface area contributed by atoms with E-state index in [1.54, 1.807) is 0 Å². The van der Waals surface area contributed by atoms with Gasteiger partial charge in [0.1, 0.15) is 0 Å². The van der Waals surface area contributed by atoms with Crippen LogP contribution in [0.5, 0.6) is 0 Å². The van der Waals surface area contributed by atoms with E-state index in [-0.39, 0.29) is 11.6 Å². The molecule has 2 N–H and O–H groups in total. The normalized spacial score (nSPS) is 16.1. The fourth-order valence-corrected chi connectivity index (χ4v) is 2.78. The third-order valence-electron chi connectivity index (χ3n) is 4.32. The number of carbonyl (C=O) groups is 1. The van der Waals surface area contributed by atoms with Crippen molar-refractivity contribution < 1.29 is 9.53 Å². The van der Waals surface area contributed by atoms with Crippen molar-refractivity contribution in [3.63, 3.8) is 0 Å². The summed E-state index contributed by atoms with van der Waals surface area (Å²) in [7, 11) is 0. The SMILES string of the molecule is CC(C)(CNC(=O)NCCCc1ccccc1)N1CCOCC1. The number of hydrogen-bond acceptors (Lipinski definition) is 3. The molecule has 2 amide bonds. The molecule has 1 heterocycles. The van der Waals surface area contributed by atoms with E-state index in [2.05, 4.69) is 41.5 Å². The Morgan fingerprint density at radius 3 is 2.57 bits per heavy atom. The Bertz CT molecular complexity index is 470. The molecule has 0 atom stereocenters. The molecular weight excluding hydrogens is 290 g/mol. The molecule has 0 saturated carbocycles. The number of hydrogen-bond donors (Lipinski definition) is 2. The molecule has 128 valence electrons. The van der Waals surface area contributed by atoms with Crippen LogP contribution in [0.3, 0.4) is 0 Å². The highest BCUT2D eigenvalue weighted by molar-refractivity contribution is 5.73. The zero-order valence-corrected chi connectivity index (χ0v) is 14.3. The van der Waals surface area contributed by atoms with Gasteiger partial charge in [0.15, 0.2) is 0 Å². The van der Waals surface area contributed by atoms with E-state index < -0.39 is 0 Å². The summed E-state index contributed by atoms with van der Waals surface area (Å²) in [5, 5.41) is 5.92. The van der Waals surface area contributed by atoms with E-state index in [9.17, 15) is 4.79 Å². The Morgan fingerprint density at radius 1 is 1.17 bits per heavy atom. The third-order valence-corrected chi connectivity index (χ3v) is 4.32. The molecule has 0 radical (unpaired) electrons. The number of nitrogens with one attached hydrogen (secondary N) is 2. The number of aryl methyl sites for hydroxylation is 1. The van der Waals surface area contributed by atoms with Gasteiger partial charge in [-0.05, 0) is 32.3 Å². The Kier molecular flexibility index (Phi) is 6.86. The van der Waals surface area contributed by atoms with Gasteiger partial charge in [0.05, 0.1) is 13.2 Å². The zero-order chi connectivity index (χ0) is 16.5. The van der Waals surface area contributed by atoms with Gasteiger partial charge in [-0.15, -0.1) is 0 Å². The number of rotatable bonds is 7. The second-order valence-corrected chi connectivity index (χ2v) is 6.61. The average Bonchev–Trinajstić information content (AvgIpc) is 2.59. The second kappa shape index (κ2) is 8.89. The first-order valence-corrected chi connectivity index (χ1v) is 8.46. The number of amides is 2. The maximum absolute atomic E-state index is 11.9. The topological polar surface area (TPSA) is 53.6 Å². The van der Waals surface area contributed by atoms with Crippen molar-refractivity contribution in [3.8, 4) is 0 Å². The van der Waals surface area contributed by atoms with E-state index in [4.69, 9.17) is 4.74 Å². The summed E-state index contributed by atoms with van der Waals surface area (Å²) >= 11 is 0. The lowest BCUT2D eigenvalue weighted by molar-refractivity contribution is -0.00874. The van der Waals surface area contributed by atoms with Crippen LogP contribution in [0, 0.1) is 0 Å². The molecule has 2 rings (SSSR count). The van der Waals surface area contributed by atoms with Gasteiger partial charge in [-0.2, -0.15) is 0 Å². The van der Waals surface area contributed by atoms with E-state index in [0.717, 1.165) is 39.1 Å². The minimum atomic E-state index is -0.0839. The summed E-state index contributed by atoms with van der Waals surface area (Å²) in [6, 6.07) is 10.3. The largest absolute Gasteiger partial charge is 0.379 e. The van der Waals surface area contributed by atoms with Crippen LogP contribution in [-0.4, -0.2) is 55.9 Å². The first-order valence-electron chi connectivity index (χ1n) is 8.46. The Morgan fingerprint density at radius 2 is 1.87 bits per heavy atom. The number of benzene rings is 1. The Balaban J connectivity index is 1.60. The minimum absolute atomic E-state index is 0.0504. The number of urea groups is 1. The van der Waals surface area contributed by atoms with Gasteiger partial charge >= 0.3 is 6.03 Å². The number of nitrogens with zero attached hydrogens (tertiary/aromatic N) is 1. The van der Waals surface area contributed by atoms with Crippen molar-refractivity contribution in [1.82, 2.24) is 15.5 Å². The molecule has 1 aromatic rings. The van der Waals surface area contributed by atoms with Gasteiger partial charge in [0.2, 0.25) is 0 Å². The van der Waals surface area contributed by atoms with Crippen molar-refractivity contribution in [3.05, 3.63) is 35.9 Å². The van der Waals surface area contributed by atoms with Crippen molar-refractivity contribution >= 4 is 6.03 Å². The van der Waals surface area contributed by atoms with Crippen molar-refractivity contribution in [2.45, 2.75) is 32.2 Å². The van der Waals surface area contributed by atoms with Gasteiger partial charge in [0, 0.05) is 31.7 Å². The maximum atomic E-state index is 11.9. The molecule has 1 fully saturated rings. The van der Waals surface area contributed by atoms with Crippen LogP contribution in [0.2, 0.25) is 0 Å². The maximum Gasteiger partial charge on any atom is 0.314 e. The van der Waals surface area contributed by atoms with Crippen LogP contribution < -0.4 is 10.6 Å². The molecule has 0 spiro atoms. The first kappa shape index (κ1) is 17.8. The van der Waals surface area contributed by atoms with Crippen LogP contribution in [0.25, 0.3) is 0 Å². The fraction of sp³-hybridized carbons (Fsp3) is 0.611. The molecule has 1 saturated heterocycles. The molecule has 0 aromatic heterocycles. The van der Waals surface area contributed by atoms with E-state index in [0.29, 0.717) is 13.1 Å². The molecule has 23 heavy (non-hydrogen) atoms. The van der Waals surface area contributed by atoms with Crippen LogP contribution in [-0.2, 0) is 11.2 Å². The van der Waals surface area contributed by atoms with E-state index in [1.807, 2.05) is 18.2 Å². The van der Waals surface area contributed by atoms with Crippen LogP contribution in [0.15, 0.2) is 30.3 Å². The summed E-state index contributed by atoms with van der Waals surface area (Å²) in [5.74, 6) is 0. The molecule has 0 aliphatic carbocycles. The van der Waals surface area contributed by atoms with Gasteiger partial charge in [-0.3, -0.25) is 4.90 Å². The molecule has 1 aromatic carbocycles. The highest BCUT2D eigenvalue weighted by atomic mass is 16.5.